The topological polar surface area (TPSA) is 84.0 Å². The van der Waals surface area contributed by atoms with Crippen LogP contribution in [0.25, 0.3) is 0 Å². The molecule has 130 valence electrons. The molecule has 0 unspecified atom stereocenters. The lowest BCUT2D eigenvalue weighted by Gasteiger charge is -2.10. The van der Waals surface area contributed by atoms with E-state index in [1.165, 1.54) is 0 Å². The van der Waals surface area contributed by atoms with E-state index in [2.05, 4.69) is 20.6 Å². The average Bonchev–Trinajstić information content (AvgIpc) is 2.47. The number of carbonyl (C=O) groups excluding carboxylic acids is 1. The Hall–Kier alpha value is -2.20. The molecule has 24 heavy (non-hydrogen) atoms. The summed E-state index contributed by atoms with van der Waals surface area (Å²) >= 11 is 0. The molecular weight excluding hydrogens is 323 g/mol. The number of rotatable bonds is 5. The van der Waals surface area contributed by atoms with Crippen molar-refractivity contribution in [1.29, 1.82) is 0 Å². The van der Waals surface area contributed by atoms with Crippen LogP contribution in [0.2, 0.25) is 0 Å². The molecule has 2 N–H and O–H groups in total. The monoisotopic (exact) mass is 348 g/mol. The van der Waals surface area contributed by atoms with E-state index in [1.807, 2.05) is 39.0 Å². The van der Waals surface area contributed by atoms with Crippen molar-refractivity contribution in [3.8, 4) is 0 Å². The number of aromatic nitrogens is 2. The van der Waals surface area contributed by atoms with Gasteiger partial charge in [0.2, 0.25) is 11.9 Å². The van der Waals surface area contributed by atoms with E-state index < -0.39 is 7.14 Å². The highest BCUT2D eigenvalue weighted by Gasteiger charge is 2.14. The van der Waals surface area contributed by atoms with Crippen molar-refractivity contribution in [1.82, 2.24) is 9.97 Å². The summed E-state index contributed by atoms with van der Waals surface area (Å²) in [5, 5.41) is 5.82. The molecule has 0 radical (unpaired) electrons. The molecule has 1 aromatic heterocycles. The van der Waals surface area contributed by atoms with Crippen LogP contribution >= 0.6 is 7.14 Å². The largest absolute Gasteiger partial charge is 0.326 e. The summed E-state index contributed by atoms with van der Waals surface area (Å²) in [6.07, 6.45) is 1.71. The van der Waals surface area contributed by atoms with Gasteiger partial charge in [-0.1, -0.05) is 19.9 Å². The average molecular weight is 348 g/mol. The van der Waals surface area contributed by atoms with Gasteiger partial charge in [0, 0.05) is 23.3 Å². The van der Waals surface area contributed by atoms with Crippen LogP contribution in [0.3, 0.4) is 0 Å². The minimum atomic E-state index is -2.38. The highest BCUT2D eigenvalue weighted by atomic mass is 31.2. The number of aryl methyl sites for hydroxylation is 1. The van der Waals surface area contributed by atoms with Gasteiger partial charge in [0.25, 0.3) is 0 Å². The maximum atomic E-state index is 11.8. The van der Waals surface area contributed by atoms with Crippen LogP contribution in [0, 0.1) is 6.92 Å². The van der Waals surface area contributed by atoms with Gasteiger partial charge in [0.05, 0.1) is 13.3 Å². The maximum absolute atomic E-state index is 11.8. The van der Waals surface area contributed by atoms with E-state index in [9.17, 15) is 9.36 Å². The molecule has 0 aliphatic carbocycles. The normalized spacial score (nSPS) is 10.4. The lowest BCUT2D eigenvalue weighted by Crippen LogP contribution is -2.15. The van der Waals surface area contributed by atoms with Gasteiger partial charge in [0.1, 0.15) is 0 Å². The Balaban J connectivity index is 0.00000139. The zero-order chi connectivity index (χ0) is 18.2. The SMILES string of the molecule is CC.Cc1ccnc(Nc2cccc(NC(=O)CP(C)(C)=O)c2)n1. The van der Waals surface area contributed by atoms with E-state index in [4.69, 9.17) is 0 Å². The zero-order valence-electron chi connectivity index (χ0n) is 14.8. The van der Waals surface area contributed by atoms with E-state index in [0.717, 1.165) is 11.4 Å². The Morgan fingerprint density at radius 3 is 2.46 bits per heavy atom. The van der Waals surface area contributed by atoms with Gasteiger partial charge in [-0.05, 0) is 44.5 Å². The first-order valence-electron chi connectivity index (χ1n) is 7.82. The first-order chi connectivity index (χ1) is 11.3. The van der Waals surface area contributed by atoms with E-state index >= 15 is 0 Å². The van der Waals surface area contributed by atoms with Gasteiger partial charge in [-0.3, -0.25) is 4.79 Å². The van der Waals surface area contributed by atoms with Gasteiger partial charge in [-0.2, -0.15) is 0 Å². The predicted molar refractivity (Wildman–Crippen MR) is 101 cm³/mol. The summed E-state index contributed by atoms with van der Waals surface area (Å²) in [4.78, 5) is 20.2. The van der Waals surface area contributed by atoms with Crippen molar-refractivity contribution in [2.45, 2.75) is 20.8 Å². The molecule has 1 amide bonds. The van der Waals surface area contributed by atoms with Crippen LogP contribution in [0.15, 0.2) is 36.5 Å². The highest BCUT2D eigenvalue weighted by molar-refractivity contribution is 7.63. The molecule has 1 aromatic carbocycles. The zero-order valence-corrected chi connectivity index (χ0v) is 15.7. The highest BCUT2D eigenvalue weighted by Crippen LogP contribution is 2.35. The van der Waals surface area contributed by atoms with Crippen LogP contribution in [0.4, 0.5) is 17.3 Å². The third-order valence-corrected chi connectivity index (χ3v) is 3.77. The Morgan fingerprint density at radius 2 is 1.83 bits per heavy atom. The van der Waals surface area contributed by atoms with Crippen molar-refractivity contribution in [3.63, 3.8) is 0 Å². The smallest absolute Gasteiger partial charge is 0.231 e. The third kappa shape index (κ3) is 7.38. The number of amides is 1. The second-order valence-corrected chi connectivity index (χ2v) is 8.97. The molecule has 0 fully saturated rings. The molecule has 7 heteroatoms. The molecule has 6 nitrogen and oxygen atoms in total. The minimum absolute atomic E-state index is 0.0334. The molecular formula is C17H25N4O2P. The molecule has 0 bridgehead atoms. The first-order valence-corrected chi connectivity index (χ1v) is 10.6. The number of nitrogens with one attached hydrogen (secondary N) is 2. The summed E-state index contributed by atoms with van der Waals surface area (Å²) in [5.41, 5.74) is 2.26. The van der Waals surface area contributed by atoms with Crippen molar-refractivity contribution in [2.24, 2.45) is 0 Å². The van der Waals surface area contributed by atoms with E-state index in [0.29, 0.717) is 11.6 Å². The summed E-state index contributed by atoms with van der Waals surface area (Å²) < 4.78 is 11.7. The fourth-order valence-corrected chi connectivity index (χ4v) is 2.63. The Morgan fingerprint density at radius 1 is 1.17 bits per heavy atom. The van der Waals surface area contributed by atoms with Crippen LogP contribution < -0.4 is 10.6 Å². The number of hydrogen-bond acceptors (Lipinski definition) is 5. The summed E-state index contributed by atoms with van der Waals surface area (Å²) in [7, 11) is -2.38. The standard InChI is InChI=1S/C15H19N4O2P.C2H6/c1-11-7-8-16-15(17-11)19-13-6-4-5-12(9-13)18-14(20)10-22(2,3)21;1-2/h4-9H,10H2,1-3H3,(H,18,20)(H,16,17,19);1-2H3. The van der Waals surface area contributed by atoms with Gasteiger partial charge < -0.3 is 15.2 Å². The summed E-state index contributed by atoms with van der Waals surface area (Å²) in [6, 6.07) is 9.03. The fourth-order valence-electron chi connectivity index (χ4n) is 1.86. The number of hydrogen-bond donors (Lipinski definition) is 2. The van der Waals surface area contributed by atoms with Crippen LogP contribution in [-0.2, 0) is 9.36 Å². The first kappa shape index (κ1) is 19.8. The molecule has 0 aliphatic heterocycles. The molecule has 2 rings (SSSR count). The fraction of sp³-hybridized carbons (Fsp3) is 0.353. The lowest BCUT2D eigenvalue weighted by molar-refractivity contribution is -0.113. The minimum Gasteiger partial charge on any atom is -0.326 e. The van der Waals surface area contributed by atoms with Crippen molar-refractivity contribution in [2.75, 3.05) is 30.1 Å². The second-order valence-electron chi connectivity index (χ2n) is 5.51. The van der Waals surface area contributed by atoms with Crippen LogP contribution in [-0.4, -0.2) is 35.4 Å². The summed E-state index contributed by atoms with van der Waals surface area (Å²) in [5.74, 6) is 0.243. The Labute approximate surface area is 143 Å². The van der Waals surface area contributed by atoms with Gasteiger partial charge in [0.15, 0.2) is 0 Å². The van der Waals surface area contributed by atoms with Crippen molar-refractivity contribution >= 4 is 30.4 Å². The molecule has 2 aromatic rings. The number of nitrogens with zero attached hydrogens (tertiary/aromatic N) is 2. The van der Waals surface area contributed by atoms with Crippen molar-refractivity contribution in [3.05, 3.63) is 42.2 Å². The second kappa shape index (κ2) is 9.18. The number of anilines is 3. The van der Waals surface area contributed by atoms with Gasteiger partial charge in [-0.15, -0.1) is 0 Å². The molecule has 0 spiro atoms. The van der Waals surface area contributed by atoms with Gasteiger partial charge >= 0.3 is 0 Å². The molecule has 1 heterocycles. The van der Waals surface area contributed by atoms with E-state index in [-0.39, 0.29) is 12.1 Å². The number of carbonyl (C=O) groups is 1. The Kier molecular flexibility index (Phi) is 7.59. The molecule has 0 atom stereocenters. The predicted octanol–water partition coefficient (Wildman–Crippen LogP) is 4.12. The maximum Gasteiger partial charge on any atom is 0.231 e. The van der Waals surface area contributed by atoms with Crippen LogP contribution in [0.1, 0.15) is 19.5 Å². The Bertz CT molecular complexity index is 728. The van der Waals surface area contributed by atoms with Crippen LogP contribution in [0.5, 0.6) is 0 Å². The lowest BCUT2D eigenvalue weighted by atomic mass is 10.2. The molecule has 0 saturated heterocycles. The summed E-state index contributed by atoms with van der Waals surface area (Å²) in [6.45, 7) is 9.08. The number of benzene rings is 1. The van der Waals surface area contributed by atoms with E-state index in [1.54, 1.807) is 31.7 Å². The molecule has 0 aliphatic rings. The van der Waals surface area contributed by atoms with Gasteiger partial charge in [-0.25, -0.2) is 9.97 Å². The quantitative estimate of drug-likeness (QED) is 0.794. The molecule has 0 saturated carbocycles. The third-order valence-electron chi connectivity index (χ3n) is 2.72. The van der Waals surface area contributed by atoms with Crippen molar-refractivity contribution < 1.29 is 9.36 Å².